The largest absolute Gasteiger partial charge is 0.416 e. The molecule has 0 unspecified atom stereocenters. The summed E-state index contributed by atoms with van der Waals surface area (Å²) < 4.78 is 38.2. The lowest BCUT2D eigenvalue weighted by Gasteiger charge is -2.08. The molecule has 0 saturated carbocycles. The molecule has 2 nitrogen and oxygen atoms in total. The van der Waals surface area contributed by atoms with E-state index < -0.39 is 11.7 Å². The number of rotatable bonds is 2. The predicted octanol–water partition coefficient (Wildman–Crippen LogP) is 2.93. The number of benzene rings is 2. The Kier molecular flexibility index (Phi) is 4.53. The van der Waals surface area contributed by atoms with E-state index in [1.807, 2.05) is 0 Å². The summed E-state index contributed by atoms with van der Waals surface area (Å²) >= 11 is 5.79. The molecule has 21 heavy (non-hydrogen) atoms. The number of anilines is 1. The molecule has 0 radical (unpaired) electrons. The van der Waals surface area contributed by atoms with Crippen LogP contribution >= 0.6 is 11.6 Å². The summed E-state index contributed by atoms with van der Waals surface area (Å²) in [5, 5.41) is 3.62. The minimum Gasteiger partial charge on any atom is -0.277 e. The molecule has 0 aliphatic carbocycles. The van der Waals surface area contributed by atoms with Crippen LogP contribution in [0.1, 0.15) is 11.1 Å². The van der Waals surface area contributed by atoms with Crippen molar-refractivity contribution in [3.05, 3.63) is 64.7 Å². The molecular weight excluding hydrogens is 301 g/mol. The summed E-state index contributed by atoms with van der Waals surface area (Å²) in [5.74, 6) is 0.475. The van der Waals surface area contributed by atoms with E-state index in [0.29, 0.717) is 16.4 Å². The van der Waals surface area contributed by atoms with Gasteiger partial charge in [-0.3, -0.25) is 4.99 Å². The van der Waals surface area contributed by atoms with Crippen LogP contribution in [0.4, 0.5) is 18.9 Å². The second-order valence-corrected chi connectivity index (χ2v) is 4.77. The van der Waals surface area contributed by atoms with E-state index in [1.54, 1.807) is 37.4 Å². The number of amidine groups is 1. The van der Waals surface area contributed by atoms with E-state index in [1.165, 1.54) is 6.07 Å². The van der Waals surface area contributed by atoms with Gasteiger partial charge in [-0.1, -0.05) is 17.7 Å². The van der Waals surface area contributed by atoms with Gasteiger partial charge < -0.3 is 0 Å². The highest BCUT2D eigenvalue weighted by molar-refractivity contribution is 6.30. The van der Waals surface area contributed by atoms with Crippen LogP contribution in [-0.4, -0.2) is 12.9 Å². The monoisotopic (exact) mass is 313 g/mol. The number of hydrogen-bond donors (Lipinski definition) is 2. The Morgan fingerprint density at radius 1 is 1.10 bits per heavy atom. The summed E-state index contributed by atoms with van der Waals surface area (Å²) in [6, 6.07) is 12.0. The van der Waals surface area contributed by atoms with E-state index in [0.717, 1.165) is 17.8 Å². The first kappa shape index (κ1) is 15.4. The third kappa shape index (κ3) is 3.98. The third-order valence-electron chi connectivity index (χ3n) is 2.84. The molecule has 0 atom stereocenters. The van der Waals surface area contributed by atoms with Crippen molar-refractivity contribution in [1.29, 1.82) is 0 Å². The molecule has 2 aromatic rings. The number of nitrogens with one attached hydrogen (secondary N) is 2. The van der Waals surface area contributed by atoms with Crippen LogP contribution in [0.2, 0.25) is 5.02 Å². The van der Waals surface area contributed by atoms with Gasteiger partial charge in [-0.15, -0.1) is 0 Å². The molecule has 6 heteroatoms. The average Bonchev–Trinajstić information content (AvgIpc) is 2.46. The summed E-state index contributed by atoms with van der Waals surface area (Å²) in [7, 11) is 1.64. The normalized spacial score (nSPS) is 12.3. The fourth-order valence-electron chi connectivity index (χ4n) is 1.81. The molecule has 2 rings (SSSR count). The second-order valence-electron chi connectivity index (χ2n) is 4.34. The number of halogens is 4. The second kappa shape index (κ2) is 6.18. The van der Waals surface area contributed by atoms with E-state index >= 15 is 0 Å². The predicted molar refractivity (Wildman–Crippen MR) is 77.5 cm³/mol. The molecule has 110 valence electrons. The Morgan fingerprint density at radius 2 is 1.76 bits per heavy atom. The maximum absolute atomic E-state index is 12.7. The lowest BCUT2D eigenvalue weighted by atomic mass is 10.1. The fraction of sp³-hybridized carbons (Fsp3) is 0.133. The van der Waals surface area contributed by atoms with Crippen LogP contribution in [0.5, 0.6) is 0 Å². The van der Waals surface area contributed by atoms with Crippen molar-refractivity contribution in [1.82, 2.24) is 0 Å². The molecular formula is C15H13ClF3N2+. The lowest BCUT2D eigenvalue weighted by Crippen LogP contribution is -2.70. The Morgan fingerprint density at radius 3 is 2.33 bits per heavy atom. The zero-order chi connectivity index (χ0) is 15.5. The zero-order valence-corrected chi connectivity index (χ0v) is 11.9. The highest BCUT2D eigenvalue weighted by Gasteiger charge is 2.31. The van der Waals surface area contributed by atoms with Gasteiger partial charge in [-0.05, 0) is 42.5 Å². The van der Waals surface area contributed by atoms with Crippen LogP contribution in [0.25, 0.3) is 0 Å². The highest BCUT2D eigenvalue weighted by atomic mass is 35.5. The molecule has 2 N–H and O–H groups in total. The summed E-state index contributed by atoms with van der Waals surface area (Å²) in [4.78, 5) is 2.87. The van der Waals surface area contributed by atoms with Crippen molar-refractivity contribution in [2.75, 3.05) is 12.4 Å². The maximum Gasteiger partial charge on any atom is 0.416 e. The van der Waals surface area contributed by atoms with Crippen molar-refractivity contribution >= 4 is 23.1 Å². The molecule has 2 aromatic carbocycles. The van der Waals surface area contributed by atoms with Crippen LogP contribution < -0.4 is 10.3 Å². The third-order valence-corrected chi connectivity index (χ3v) is 3.09. The SMILES string of the molecule is C[NH+]=C(Nc1ccc(Cl)cc1)c1cccc(C(F)(F)F)c1. The zero-order valence-electron chi connectivity index (χ0n) is 11.1. The number of hydrogen-bond acceptors (Lipinski definition) is 0. The molecule has 0 aliphatic heterocycles. The Labute approximate surface area is 125 Å². The van der Waals surface area contributed by atoms with Gasteiger partial charge in [0, 0.05) is 5.02 Å². The van der Waals surface area contributed by atoms with Gasteiger partial charge in [0.25, 0.3) is 5.84 Å². The Balaban J connectivity index is 2.28. The standard InChI is InChI=1S/C15H12ClF3N2/c1-20-14(21-13-7-5-12(16)6-8-13)10-3-2-4-11(9-10)15(17,18)19/h2-9H,1H3,(H,20,21)/p+1. The van der Waals surface area contributed by atoms with E-state index in [2.05, 4.69) is 10.3 Å². The van der Waals surface area contributed by atoms with E-state index in [4.69, 9.17) is 11.6 Å². The summed E-state index contributed by atoms with van der Waals surface area (Å²) in [6.07, 6.45) is -4.37. The quantitative estimate of drug-likeness (QED) is 0.647. The van der Waals surface area contributed by atoms with Crippen molar-refractivity contribution < 1.29 is 18.2 Å². The van der Waals surface area contributed by atoms with Gasteiger partial charge in [-0.2, -0.15) is 13.2 Å². The van der Waals surface area contributed by atoms with Crippen molar-refractivity contribution in [3.63, 3.8) is 0 Å². The van der Waals surface area contributed by atoms with Gasteiger partial charge >= 0.3 is 6.18 Å². The molecule has 0 bridgehead atoms. The van der Waals surface area contributed by atoms with Crippen molar-refractivity contribution in [3.8, 4) is 0 Å². The van der Waals surface area contributed by atoms with Crippen LogP contribution in [-0.2, 0) is 6.18 Å². The first-order valence-corrected chi connectivity index (χ1v) is 6.53. The molecule has 0 heterocycles. The molecule has 0 aliphatic rings. The van der Waals surface area contributed by atoms with Gasteiger partial charge in [0.05, 0.1) is 18.2 Å². The smallest absolute Gasteiger partial charge is 0.277 e. The number of alkyl halides is 3. The van der Waals surface area contributed by atoms with Gasteiger partial charge in [0.2, 0.25) is 0 Å². The van der Waals surface area contributed by atoms with Gasteiger partial charge in [0.15, 0.2) is 0 Å². The van der Waals surface area contributed by atoms with Crippen molar-refractivity contribution in [2.24, 2.45) is 0 Å². The molecule has 0 saturated heterocycles. The highest BCUT2D eigenvalue weighted by Crippen LogP contribution is 2.29. The minimum absolute atomic E-state index is 0.419. The van der Waals surface area contributed by atoms with E-state index in [-0.39, 0.29) is 0 Å². The van der Waals surface area contributed by atoms with Crippen LogP contribution in [0.15, 0.2) is 48.5 Å². The minimum atomic E-state index is -4.37. The molecule has 0 aromatic heterocycles. The molecule has 0 spiro atoms. The van der Waals surface area contributed by atoms with Gasteiger partial charge in [-0.25, -0.2) is 5.32 Å². The van der Waals surface area contributed by atoms with E-state index in [9.17, 15) is 13.2 Å². The van der Waals surface area contributed by atoms with Crippen LogP contribution in [0.3, 0.4) is 0 Å². The molecule has 0 fully saturated rings. The Bertz CT molecular complexity index is 649. The summed E-state index contributed by atoms with van der Waals surface area (Å²) in [5.41, 5.74) is 0.453. The fourth-order valence-corrected chi connectivity index (χ4v) is 1.93. The summed E-state index contributed by atoms with van der Waals surface area (Å²) in [6.45, 7) is 0. The maximum atomic E-state index is 12.7. The van der Waals surface area contributed by atoms with Crippen molar-refractivity contribution in [2.45, 2.75) is 6.18 Å². The van der Waals surface area contributed by atoms with Crippen LogP contribution in [0, 0.1) is 0 Å². The lowest BCUT2D eigenvalue weighted by molar-refractivity contribution is -0.419. The first-order chi connectivity index (χ1) is 9.90. The Hall–Kier alpha value is -2.01. The first-order valence-electron chi connectivity index (χ1n) is 6.15. The topological polar surface area (TPSA) is 26.0 Å². The molecule has 0 amide bonds. The average molecular weight is 314 g/mol. The van der Waals surface area contributed by atoms with Gasteiger partial charge in [0.1, 0.15) is 5.69 Å².